The van der Waals surface area contributed by atoms with E-state index in [-0.39, 0.29) is 11.3 Å². The van der Waals surface area contributed by atoms with Crippen LogP contribution in [0.5, 0.6) is 0 Å². The zero-order valence-electron chi connectivity index (χ0n) is 14.7. The molecule has 1 aliphatic heterocycles. The third-order valence-electron chi connectivity index (χ3n) is 3.58. The number of rotatable bonds is 8. The zero-order chi connectivity index (χ0) is 23.1. The number of aromatic amines is 1. The summed E-state index contributed by atoms with van der Waals surface area (Å²) in [6, 6.07) is 0. The number of H-pyrrole nitrogens is 1. The third kappa shape index (κ3) is 6.43. The second kappa shape index (κ2) is 9.08. The van der Waals surface area contributed by atoms with Gasteiger partial charge in [0.25, 0.3) is 5.56 Å². The number of hydrogen-bond acceptors (Lipinski definition) is 11. The number of aliphatic hydroxyl groups is 1. The third-order valence-corrected chi connectivity index (χ3v) is 7.78. The van der Waals surface area contributed by atoms with Crippen molar-refractivity contribution in [2.24, 2.45) is 0 Å². The first-order chi connectivity index (χ1) is 13.6. The van der Waals surface area contributed by atoms with Gasteiger partial charge in [0, 0.05) is 17.5 Å². The van der Waals surface area contributed by atoms with Crippen LogP contribution < -0.4 is 11.2 Å². The lowest BCUT2D eigenvalue weighted by molar-refractivity contribution is -0.0340. The maximum absolute atomic E-state index is 12.0. The average Bonchev–Trinajstić information content (AvgIpc) is 2.83. The van der Waals surface area contributed by atoms with E-state index in [2.05, 4.69) is 25.8 Å². The van der Waals surface area contributed by atoms with Crippen LogP contribution in [0.1, 0.15) is 11.8 Å². The lowest BCUT2D eigenvalue weighted by Crippen LogP contribution is -2.39. The molecule has 1 aromatic heterocycles. The largest absolute Gasteiger partial charge is 0.490 e. The summed E-state index contributed by atoms with van der Waals surface area (Å²) in [5, 5.41) is 10.4. The monoisotopic (exact) mass is 514 g/mol. The highest BCUT2D eigenvalue weighted by Gasteiger charge is 2.50. The van der Waals surface area contributed by atoms with Crippen molar-refractivity contribution in [2.45, 2.75) is 31.5 Å². The van der Waals surface area contributed by atoms with E-state index >= 15 is 0 Å². The van der Waals surface area contributed by atoms with Crippen molar-refractivity contribution in [3.05, 3.63) is 32.6 Å². The SMILES string of the molecule is Cc1cn([C@@H]2O[C@H](CS)[C@@H](OP(=O)(O)OP(=O)(O)OP(=O)(O)O)[C@H]2O)c(=O)[nH]c1=O. The predicted molar refractivity (Wildman–Crippen MR) is 98.6 cm³/mol. The molecule has 30 heavy (non-hydrogen) atoms. The molecular formula is C10H17N2O14P3S. The first-order valence-corrected chi connectivity index (χ1v) is 12.8. The van der Waals surface area contributed by atoms with Crippen LogP contribution in [-0.4, -0.2) is 58.3 Å². The first-order valence-electron chi connectivity index (χ1n) is 7.64. The Bertz CT molecular complexity index is 1050. The number of aryl methyl sites for hydroxylation is 1. The van der Waals surface area contributed by atoms with Crippen molar-refractivity contribution in [2.75, 3.05) is 5.75 Å². The van der Waals surface area contributed by atoms with Crippen LogP contribution in [0.3, 0.4) is 0 Å². The maximum atomic E-state index is 12.0. The normalized spacial score (nSPS) is 28.8. The molecule has 0 amide bonds. The highest BCUT2D eigenvalue weighted by Crippen LogP contribution is 2.67. The van der Waals surface area contributed by atoms with Gasteiger partial charge in [0.05, 0.1) is 6.10 Å². The molecule has 172 valence electrons. The molecule has 2 heterocycles. The summed E-state index contributed by atoms with van der Waals surface area (Å²) >= 11 is 3.92. The van der Waals surface area contributed by atoms with Crippen molar-refractivity contribution in [1.29, 1.82) is 0 Å². The van der Waals surface area contributed by atoms with E-state index < -0.39 is 59.3 Å². The van der Waals surface area contributed by atoms with Crippen LogP contribution in [0.4, 0.5) is 0 Å². The van der Waals surface area contributed by atoms with Crippen molar-refractivity contribution in [3.63, 3.8) is 0 Å². The van der Waals surface area contributed by atoms with Gasteiger partial charge >= 0.3 is 29.2 Å². The summed E-state index contributed by atoms with van der Waals surface area (Å²) < 4.78 is 52.1. The summed E-state index contributed by atoms with van der Waals surface area (Å²) in [7, 11) is -16.9. The van der Waals surface area contributed by atoms with Crippen LogP contribution in [0.15, 0.2) is 15.8 Å². The molecule has 1 saturated heterocycles. The van der Waals surface area contributed by atoms with Gasteiger partial charge in [0.15, 0.2) is 6.23 Å². The molecule has 6 N–H and O–H groups in total. The number of nitrogens with zero attached hydrogens (tertiary/aromatic N) is 1. The van der Waals surface area contributed by atoms with Crippen molar-refractivity contribution in [3.8, 4) is 0 Å². The fourth-order valence-corrected chi connectivity index (χ4v) is 5.98. The van der Waals surface area contributed by atoms with E-state index in [1.807, 2.05) is 4.98 Å². The lowest BCUT2D eigenvalue weighted by atomic mass is 10.1. The number of hydrogen-bond donors (Lipinski definition) is 7. The molecule has 1 fully saturated rings. The van der Waals surface area contributed by atoms with Gasteiger partial charge in [0.2, 0.25) is 0 Å². The number of phosphoric ester groups is 1. The van der Waals surface area contributed by atoms with Crippen molar-refractivity contribution >= 4 is 36.1 Å². The molecule has 1 aliphatic rings. The van der Waals surface area contributed by atoms with Crippen molar-refractivity contribution < 1.29 is 56.3 Å². The van der Waals surface area contributed by atoms with Crippen LogP contribution in [0, 0.1) is 6.92 Å². The molecule has 0 spiro atoms. The molecule has 2 rings (SSSR count). The summed E-state index contributed by atoms with van der Waals surface area (Å²) in [6.07, 6.45) is -5.36. The van der Waals surface area contributed by atoms with Gasteiger partial charge < -0.3 is 29.4 Å². The standard InChI is InChI=1S/C10H17N2O14P3S/c1-4-2-12(10(15)11-8(4)14)9-6(13)7(5(3-30)23-9)24-28(19,20)26-29(21,22)25-27(16,17)18/h2,5-7,9,13,30H,3H2,1H3,(H,19,20)(H,21,22)(H,11,14,15)(H2,16,17,18)/t5-,6-,7-,9-/m1/s1. The average molecular weight is 514 g/mol. The molecule has 0 radical (unpaired) electrons. The highest BCUT2D eigenvalue weighted by atomic mass is 32.1. The molecule has 6 atom stereocenters. The number of aromatic nitrogens is 2. The van der Waals surface area contributed by atoms with Crippen molar-refractivity contribution in [1.82, 2.24) is 9.55 Å². The quantitative estimate of drug-likeness (QED) is 0.158. The molecule has 16 nitrogen and oxygen atoms in total. The van der Waals surface area contributed by atoms with Crippen LogP contribution in [0.2, 0.25) is 0 Å². The Kier molecular flexibility index (Phi) is 7.75. The van der Waals surface area contributed by atoms with Crippen LogP contribution in [0.25, 0.3) is 0 Å². The molecule has 0 aromatic carbocycles. The van der Waals surface area contributed by atoms with E-state index in [0.29, 0.717) is 0 Å². The van der Waals surface area contributed by atoms with Gasteiger partial charge in [-0.15, -0.1) is 0 Å². The highest BCUT2D eigenvalue weighted by molar-refractivity contribution is 7.80. The first kappa shape index (κ1) is 25.6. The molecule has 0 saturated carbocycles. The fourth-order valence-electron chi connectivity index (χ4n) is 2.45. The summed E-state index contributed by atoms with van der Waals surface area (Å²) in [6.45, 7) is 1.36. The number of aliphatic hydroxyl groups excluding tert-OH is 1. The summed E-state index contributed by atoms with van der Waals surface area (Å²) in [5.41, 5.74) is -1.60. The smallest absolute Gasteiger partial charge is 0.386 e. The minimum Gasteiger partial charge on any atom is -0.386 e. The Morgan fingerprint density at radius 3 is 2.30 bits per heavy atom. The minimum atomic E-state index is -5.77. The van der Waals surface area contributed by atoms with Crippen LogP contribution >= 0.6 is 36.1 Å². The van der Waals surface area contributed by atoms with Gasteiger partial charge in [0.1, 0.15) is 12.2 Å². The molecule has 1 aromatic rings. The molecule has 0 bridgehead atoms. The predicted octanol–water partition coefficient (Wildman–Crippen LogP) is -1.25. The summed E-state index contributed by atoms with van der Waals surface area (Å²) in [4.78, 5) is 61.3. The number of ether oxygens (including phenoxy) is 1. The second-order valence-corrected chi connectivity index (χ2v) is 10.6. The Labute approximate surface area is 172 Å². The molecule has 2 unspecified atom stereocenters. The van der Waals surface area contributed by atoms with E-state index in [4.69, 9.17) is 14.5 Å². The van der Waals surface area contributed by atoms with E-state index in [0.717, 1.165) is 10.8 Å². The lowest BCUT2D eigenvalue weighted by Gasteiger charge is -2.23. The van der Waals surface area contributed by atoms with E-state index in [1.165, 1.54) is 6.92 Å². The zero-order valence-corrected chi connectivity index (χ0v) is 18.3. The van der Waals surface area contributed by atoms with Gasteiger partial charge in [-0.2, -0.15) is 21.3 Å². The van der Waals surface area contributed by atoms with Gasteiger partial charge in [-0.25, -0.2) is 18.5 Å². The molecular weight excluding hydrogens is 497 g/mol. The molecule has 20 heteroatoms. The van der Waals surface area contributed by atoms with Crippen LogP contribution in [-0.2, 0) is 31.6 Å². The number of phosphoric acid groups is 3. The van der Waals surface area contributed by atoms with Gasteiger partial charge in [-0.3, -0.25) is 18.9 Å². The van der Waals surface area contributed by atoms with E-state index in [1.54, 1.807) is 0 Å². The van der Waals surface area contributed by atoms with E-state index in [9.17, 15) is 38.2 Å². The Balaban J connectivity index is 2.27. The Hall–Kier alpha value is -0.640. The number of thiol groups is 1. The topological polar surface area (TPSA) is 244 Å². The molecule has 0 aliphatic carbocycles. The summed E-state index contributed by atoms with van der Waals surface area (Å²) in [5.74, 6) is -0.245. The Morgan fingerprint density at radius 1 is 1.17 bits per heavy atom. The van der Waals surface area contributed by atoms with Gasteiger partial charge in [-0.05, 0) is 6.92 Å². The Morgan fingerprint density at radius 2 is 1.77 bits per heavy atom. The minimum absolute atomic E-state index is 0.0733. The fraction of sp³-hybridized carbons (Fsp3) is 0.600. The maximum Gasteiger partial charge on any atom is 0.490 e. The number of nitrogens with one attached hydrogen (secondary N) is 1. The second-order valence-electron chi connectivity index (χ2n) is 5.88. The van der Waals surface area contributed by atoms with Gasteiger partial charge in [-0.1, -0.05) is 0 Å².